The number of rotatable bonds is 5. The lowest BCUT2D eigenvalue weighted by molar-refractivity contribution is 0.0600. The predicted octanol–water partition coefficient (Wildman–Crippen LogP) is 3.28. The number of aromatic nitrogens is 2. The normalized spacial score (nSPS) is 10.1. The molecular formula is C20H18N4O3. The second-order valence-electron chi connectivity index (χ2n) is 5.68. The molecule has 1 N–H and O–H groups in total. The number of hydrogen-bond acceptors (Lipinski definition) is 6. The van der Waals surface area contributed by atoms with Crippen molar-refractivity contribution in [3.63, 3.8) is 0 Å². The molecule has 3 rings (SSSR count). The summed E-state index contributed by atoms with van der Waals surface area (Å²) in [4.78, 5) is 33.9. The topological polar surface area (TPSA) is 84.4 Å². The van der Waals surface area contributed by atoms with Gasteiger partial charge in [0.05, 0.1) is 25.1 Å². The van der Waals surface area contributed by atoms with E-state index in [2.05, 4.69) is 20.0 Å². The lowest BCUT2D eigenvalue weighted by atomic mass is 10.2. The van der Waals surface area contributed by atoms with Crippen LogP contribution < -0.4 is 10.2 Å². The maximum atomic E-state index is 12.5. The van der Waals surface area contributed by atoms with Crippen LogP contribution in [0.15, 0.2) is 67.0 Å². The minimum atomic E-state index is -0.397. The summed E-state index contributed by atoms with van der Waals surface area (Å²) in [5.41, 5.74) is 2.21. The zero-order valence-corrected chi connectivity index (χ0v) is 14.9. The molecule has 0 aliphatic heterocycles. The Morgan fingerprint density at radius 2 is 1.67 bits per heavy atom. The Kier molecular flexibility index (Phi) is 5.41. The average molecular weight is 362 g/mol. The average Bonchev–Trinajstić information content (AvgIpc) is 2.74. The van der Waals surface area contributed by atoms with Crippen molar-refractivity contribution in [3.05, 3.63) is 78.2 Å². The third-order valence-corrected chi connectivity index (χ3v) is 3.90. The standard InChI is InChI=1S/C20H18N4O3/c1-24(16-6-4-3-5-7-16)19(25)17-12-22-18(13-21-17)23-15-10-8-14(9-11-15)20(26)27-2/h3-13H,1-2H3,(H,22,23). The Morgan fingerprint density at radius 1 is 0.963 bits per heavy atom. The lowest BCUT2D eigenvalue weighted by Gasteiger charge is -2.16. The molecule has 1 heterocycles. The lowest BCUT2D eigenvalue weighted by Crippen LogP contribution is -2.27. The maximum Gasteiger partial charge on any atom is 0.337 e. The first kappa shape index (κ1) is 18.1. The first-order valence-corrected chi connectivity index (χ1v) is 8.19. The van der Waals surface area contributed by atoms with Crippen molar-refractivity contribution in [2.75, 3.05) is 24.4 Å². The number of esters is 1. The second kappa shape index (κ2) is 8.09. The molecule has 27 heavy (non-hydrogen) atoms. The highest BCUT2D eigenvalue weighted by atomic mass is 16.5. The number of carbonyl (C=O) groups is 2. The smallest absolute Gasteiger partial charge is 0.337 e. The number of methoxy groups -OCH3 is 1. The summed E-state index contributed by atoms with van der Waals surface area (Å²) in [7, 11) is 3.02. The van der Waals surface area contributed by atoms with E-state index in [1.807, 2.05) is 30.3 Å². The van der Waals surface area contributed by atoms with Crippen molar-refractivity contribution >= 4 is 29.1 Å². The van der Waals surface area contributed by atoms with Gasteiger partial charge in [0.25, 0.3) is 5.91 Å². The second-order valence-corrected chi connectivity index (χ2v) is 5.68. The Hall–Kier alpha value is -3.74. The van der Waals surface area contributed by atoms with E-state index in [0.717, 1.165) is 11.4 Å². The number of nitrogens with one attached hydrogen (secondary N) is 1. The number of carbonyl (C=O) groups excluding carboxylic acids is 2. The minimum absolute atomic E-state index is 0.243. The van der Waals surface area contributed by atoms with Crippen molar-refractivity contribution in [3.8, 4) is 0 Å². The quantitative estimate of drug-likeness (QED) is 0.701. The number of anilines is 3. The monoisotopic (exact) mass is 362 g/mol. The third-order valence-electron chi connectivity index (χ3n) is 3.90. The van der Waals surface area contributed by atoms with E-state index in [-0.39, 0.29) is 11.6 Å². The van der Waals surface area contributed by atoms with Crippen molar-refractivity contribution in [2.24, 2.45) is 0 Å². The van der Waals surface area contributed by atoms with E-state index in [1.165, 1.54) is 24.4 Å². The van der Waals surface area contributed by atoms with Gasteiger partial charge in [-0.05, 0) is 36.4 Å². The van der Waals surface area contributed by atoms with Gasteiger partial charge in [-0.15, -0.1) is 0 Å². The number of nitrogens with zero attached hydrogens (tertiary/aromatic N) is 3. The van der Waals surface area contributed by atoms with Gasteiger partial charge in [0.15, 0.2) is 0 Å². The molecule has 0 radical (unpaired) electrons. The van der Waals surface area contributed by atoms with Crippen LogP contribution in [0.3, 0.4) is 0 Å². The summed E-state index contributed by atoms with van der Waals surface area (Å²) in [6, 6.07) is 16.1. The highest BCUT2D eigenvalue weighted by Crippen LogP contribution is 2.17. The van der Waals surface area contributed by atoms with E-state index in [4.69, 9.17) is 0 Å². The molecule has 136 valence electrons. The van der Waals surface area contributed by atoms with Crippen LogP contribution >= 0.6 is 0 Å². The molecule has 1 aromatic heterocycles. The van der Waals surface area contributed by atoms with Gasteiger partial charge >= 0.3 is 5.97 Å². The van der Waals surface area contributed by atoms with Gasteiger partial charge in [0, 0.05) is 18.4 Å². The van der Waals surface area contributed by atoms with E-state index < -0.39 is 5.97 Å². The van der Waals surface area contributed by atoms with Crippen molar-refractivity contribution in [2.45, 2.75) is 0 Å². The first-order valence-electron chi connectivity index (χ1n) is 8.19. The predicted molar refractivity (Wildman–Crippen MR) is 102 cm³/mol. The maximum absolute atomic E-state index is 12.5. The molecule has 0 saturated carbocycles. The van der Waals surface area contributed by atoms with E-state index in [9.17, 15) is 9.59 Å². The van der Waals surface area contributed by atoms with Crippen molar-refractivity contribution < 1.29 is 14.3 Å². The highest BCUT2D eigenvalue weighted by molar-refractivity contribution is 6.04. The number of amides is 1. The third kappa shape index (κ3) is 4.27. The number of para-hydroxylation sites is 1. The molecule has 2 aromatic carbocycles. The molecule has 0 atom stereocenters. The van der Waals surface area contributed by atoms with Gasteiger partial charge < -0.3 is 15.0 Å². The number of hydrogen-bond donors (Lipinski definition) is 1. The van der Waals surface area contributed by atoms with Crippen LogP contribution in [0.2, 0.25) is 0 Å². The molecule has 0 fully saturated rings. The molecule has 0 aliphatic carbocycles. The zero-order valence-electron chi connectivity index (χ0n) is 14.9. The summed E-state index contributed by atoms with van der Waals surface area (Å²) in [5.74, 6) is -0.158. The molecule has 0 saturated heterocycles. The van der Waals surface area contributed by atoms with Gasteiger partial charge in [-0.3, -0.25) is 4.79 Å². The van der Waals surface area contributed by atoms with Crippen LogP contribution in [0.5, 0.6) is 0 Å². The fourth-order valence-electron chi connectivity index (χ4n) is 2.40. The molecule has 0 bridgehead atoms. The van der Waals surface area contributed by atoms with E-state index >= 15 is 0 Å². The van der Waals surface area contributed by atoms with Gasteiger partial charge in [-0.25, -0.2) is 14.8 Å². The summed E-state index contributed by atoms with van der Waals surface area (Å²) < 4.78 is 4.66. The zero-order chi connectivity index (χ0) is 19.2. The molecule has 7 nitrogen and oxygen atoms in total. The molecular weight excluding hydrogens is 344 g/mol. The summed E-state index contributed by atoms with van der Waals surface area (Å²) >= 11 is 0. The Labute approximate surface area is 156 Å². The Bertz CT molecular complexity index is 926. The van der Waals surface area contributed by atoms with Crippen molar-refractivity contribution in [1.29, 1.82) is 0 Å². The van der Waals surface area contributed by atoms with Crippen LogP contribution in [0, 0.1) is 0 Å². The van der Waals surface area contributed by atoms with Gasteiger partial charge in [0.1, 0.15) is 11.5 Å². The van der Waals surface area contributed by atoms with Gasteiger partial charge in [0.2, 0.25) is 0 Å². The van der Waals surface area contributed by atoms with Crippen LogP contribution in [0.25, 0.3) is 0 Å². The summed E-state index contributed by atoms with van der Waals surface area (Å²) in [5, 5.41) is 3.06. The fraction of sp³-hybridized carbons (Fsp3) is 0.100. The molecule has 7 heteroatoms. The Balaban J connectivity index is 1.68. The van der Waals surface area contributed by atoms with E-state index in [0.29, 0.717) is 11.4 Å². The SMILES string of the molecule is COC(=O)c1ccc(Nc2cnc(C(=O)N(C)c3ccccc3)cn2)cc1. The fourth-order valence-corrected chi connectivity index (χ4v) is 2.40. The van der Waals surface area contributed by atoms with E-state index in [1.54, 1.807) is 31.3 Å². The van der Waals surface area contributed by atoms with Crippen LogP contribution in [0.1, 0.15) is 20.8 Å². The van der Waals surface area contributed by atoms with Gasteiger partial charge in [-0.1, -0.05) is 18.2 Å². The largest absolute Gasteiger partial charge is 0.465 e. The molecule has 1 amide bonds. The van der Waals surface area contributed by atoms with Crippen LogP contribution in [-0.4, -0.2) is 36.0 Å². The first-order chi connectivity index (χ1) is 13.1. The Morgan fingerprint density at radius 3 is 2.26 bits per heavy atom. The number of benzene rings is 2. The summed E-state index contributed by atoms with van der Waals surface area (Å²) in [6.45, 7) is 0. The van der Waals surface area contributed by atoms with Crippen LogP contribution in [0.4, 0.5) is 17.2 Å². The number of ether oxygens (including phenoxy) is 1. The van der Waals surface area contributed by atoms with Crippen molar-refractivity contribution in [1.82, 2.24) is 9.97 Å². The summed E-state index contributed by atoms with van der Waals surface area (Å²) in [6.07, 6.45) is 2.91. The van der Waals surface area contributed by atoms with Gasteiger partial charge in [-0.2, -0.15) is 0 Å². The molecule has 0 unspecified atom stereocenters. The highest BCUT2D eigenvalue weighted by Gasteiger charge is 2.15. The van der Waals surface area contributed by atoms with Crippen LogP contribution in [-0.2, 0) is 4.74 Å². The molecule has 0 aliphatic rings. The molecule has 3 aromatic rings. The minimum Gasteiger partial charge on any atom is -0.465 e. The molecule has 0 spiro atoms.